The molecule has 0 atom stereocenters. The van der Waals surface area contributed by atoms with Crippen molar-refractivity contribution in [3.63, 3.8) is 0 Å². The molecule has 8 heteroatoms. The smallest absolute Gasteiger partial charge is 0.387 e. The van der Waals surface area contributed by atoms with Crippen molar-refractivity contribution < 1.29 is 23.0 Å². The maximum atomic E-state index is 12.8. The SMILES string of the molecule is COc1cc(CCNC(=O)c2nn(-c3ccccc3)c3c2CCC3)ccc1OC(F)F. The molecular formula is C23H23F2N3O3. The molecule has 0 saturated carbocycles. The first-order chi connectivity index (χ1) is 15.1. The molecule has 0 radical (unpaired) electrons. The number of alkyl halides is 2. The molecule has 0 aliphatic heterocycles. The van der Waals surface area contributed by atoms with Gasteiger partial charge in [-0.25, -0.2) is 4.68 Å². The first-order valence-corrected chi connectivity index (χ1v) is 10.1. The average Bonchev–Trinajstić information content (AvgIpc) is 3.37. The van der Waals surface area contributed by atoms with E-state index in [-0.39, 0.29) is 17.4 Å². The highest BCUT2D eigenvalue weighted by Crippen LogP contribution is 2.30. The van der Waals surface area contributed by atoms with E-state index >= 15 is 0 Å². The number of ether oxygens (including phenoxy) is 2. The number of rotatable bonds is 8. The van der Waals surface area contributed by atoms with Crippen molar-refractivity contribution >= 4 is 5.91 Å². The molecule has 1 aliphatic carbocycles. The standard InChI is InChI=1S/C23H23F2N3O3/c1-30-20-14-15(10-11-19(20)31-23(24)25)12-13-26-22(29)21-17-8-5-9-18(17)28(27-21)16-6-3-2-4-7-16/h2-4,6-7,10-11,14,23H,5,8-9,12-13H2,1H3,(H,26,29). The topological polar surface area (TPSA) is 65.4 Å². The van der Waals surface area contributed by atoms with E-state index in [1.165, 1.54) is 13.2 Å². The second-order valence-electron chi connectivity index (χ2n) is 7.24. The van der Waals surface area contributed by atoms with E-state index in [4.69, 9.17) is 4.74 Å². The van der Waals surface area contributed by atoms with Gasteiger partial charge >= 0.3 is 6.61 Å². The summed E-state index contributed by atoms with van der Waals surface area (Å²) in [4.78, 5) is 12.8. The van der Waals surface area contributed by atoms with Crippen LogP contribution < -0.4 is 14.8 Å². The molecule has 0 unspecified atom stereocenters. The number of aromatic nitrogens is 2. The summed E-state index contributed by atoms with van der Waals surface area (Å²) in [7, 11) is 1.39. The second kappa shape index (κ2) is 9.16. The second-order valence-corrected chi connectivity index (χ2v) is 7.24. The Morgan fingerprint density at radius 2 is 1.97 bits per heavy atom. The Morgan fingerprint density at radius 3 is 2.71 bits per heavy atom. The van der Waals surface area contributed by atoms with Gasteiger partial charge in [-0.15, -0.1) is 0 Å². The van der Waals surface area contributed by atoms with Crippen LogP contribution in [0.25, 0.3) is 5.69 Å². The highest BCUT2D eigenvalue weighted by atomic mass is 19.3. The monoisotopic (exact) mass is 427 g/mol. The normalized spacial score (nSPS) is 12.6. The van der Waals surface area contributed by atoms with E-state index < -0.39 is 6.61 Å². The summed E-state index contributed by atoms with van der Waals surface area (Å²) >= 11 is 0. The molecule has 0 saturated heterocycles. The van der Waals surface area contributed by atoms with E-state index in [0.29, 0.717) is 18.7 Å². The number of benzene rings is 2. The molecular weight excluding hydrogens is 404 g/mol. The van der Waals surface area contributed by atoms with Gasteiger partial charge in [0, 0.05) is 17.8 Å². The van der Waals surface area contributed by atoms with Gasteiger partial charge in [-0.2, -0.15) is 13.9 Å². The summed E-state index contributed by atoms with van der Waals surface area (Å²) < 4.78 is 36.3. The third-order valence-corrected chi connectivity index (χ3v) is 5.29. The number of nitrogens with zero attached hydrogens (tertiary/aromatic N) is 2. The zero-order valence-corrected chi connectivity index (χ0v) is 17.1. The number of hydrogen-bond acceptors (Lipinski definition) is 4. The number of amides is 1. The Labute approximate surface area is 178 Å². The van der Waals surface area contributed by atoms with Gasteiger partial charge < -0.3 is 14.8 Å². The van der Waals surface area contributed by atoms with Gasteiger partial charge in [0.05, 0.1) is 12.8 Å². The summed E-state index contributed by atoms with van der Waals surface area (Å²) in [5.41, 5.74) is 4.35. The Hall–Kier alpha value is -3.42. The highest BCUT2D eigenvalue weighted by Gasteiger charge is 2.26. The minimum absolute atomic E-state index is 0.0210. The van der Waals surface area contributed by atoms with Crippen LogP contribution in [0.4, 0.5) is 8.78 Å². The first kappa shape index (κ1) is 20.8. The summed E-state index contributed by atoms with van der Waals surface area (Å²) in [6.45, 7) is -2.54. The fraction of sp³-hybridized carbons (Fsp3) is 0.304. The fourth-order valence-electron chi connectivity index (χ4n) is 3.87. The molecule has 31 heavy (non-hydrogen) atoms. The molecule has 1 amide bonds. The van der Waals surface area contributed by atoms with Crippen molar-refractivity contribution in [3.05, 3.63) is 71.0 Å². The van der Waals surface area contributed by atoms with Crippen LogP contribution >= 0.6 is 0 Å². The fourth-order valence-corrected chi connectivity index (χ4v) is 3.87. The van der Waals surface area contributed by atoms with Crippen molar-refractivity contribution in [2.24, 2.45) is 0 Å². The molecule has 0 bridgehead atoms. The molecule has 3 aromatic rings. The van der Waals surface area contributed by atoms with Crippen LogP contribution in [0.2, 0.25) is 0 Å². The third kappa shape index (κ3) is 4.52. The lowest BCUT2D eigenvalue weighted by Crippen LogP contribution is -2.27. The summed E-state index contributed by atoms with van der Waals surface area (Å²) in [6.07, 6.45) is 3.26. The Morgan fingerprint density at radius 1 is 1.16 bits per heavy atom. The molecule has 6 nitrogen and oxygen atoms in total. The molecule has 162 valence electrons. The van der Waals surface area contributed by atoms with Crippen molar-refractivity contribution in [2.75, 3.05) is 13.7 Å². The summed E-state index contributed by atoms with van der Waals surface area (Å²) in [5, 5.41) is 7.51. The molecule has 2 aromatic carbocycles. The molecule has 1 N–H and O–H groups in total. The van der Waals surface area contributed by atoms with Gasteiger partial charge in [-0.3, -0.25) is 4.79 Å². The average molecular weight is 427 g/mol. The van der Waals surface area contributed by atoms with Gasteiger partial charge in [-0.05, 0) is 55.5 Å². The lowest BCUT2D eigenvalue weighted by Gasteiger charge is -2.11. The van der Waals surface area contributed by atoms with Gasteiger partial charge in [0.15, 0.2) is 17.2 Å². The van der Waals surface area contributed by atoms with E-state index in [2.05, 4.69) is 15.2 Å². The van der Waals surface area contributed by atoms with Crippen LogP contribution in [0.5, 0.6) is 11.5 Å². The van der Waals surface area contributed by atoms with E-state index in [0.717, 1.165) is 41.8 Å². The number of para-hydroxylation sites is 1. The zero-order chi connectivity index (χ0) is 21.8. The number of nitrogens with one attached hydrogen (secondary N) is 1. The first-order valence-electron chi connectivity index (χ1n) is 10.1. The number of fused-ring (bicyclic) bond motifs is 1. The number of hydrogen-bond donors (Lipinski definition) is 1. The van der Waals surface area contributed by atoms with Crippen molar-refractivity contribution in [1.29, 1.82) is 0 Å². The predicted molar refractivity (Wildman–Crippen MR) is 111 cm³/mol. The molecule has 1 aromatic heterocycles. The molecule has 0 spiro atoms. The Bertz CT molecular complexity index is 1070. The quantitative estimate of drug-likeness (QED) is 0.591. The van der Waals surface area contributed by atoms with Crippen LogP contribution in [0, 0.1) is 0 Å². The number of methoxy groups -OCH3 is 1. The van der Waals surface area contributed by atoms with Gasteiger partial charge in [0.25, 0.3) is 5.91 Å². The third-order valence-electron chi connectivity index (χ3n) is 5.29. The Balaban J connectivity index is 1.43. The maximum absolute atomic E-state index is 12.8. The number of carbonyl (C=O) groups excluding carboxylic acids is 1. The van der Waals surface area contributed by atoms with Crippen molar-refractivity contribution in [2.45, 2.75) is 32.3 Å². The van der Waals surface area contributed by atoms with Crippen LogP contribution in [-0.4, -0.2) is 36.0 Å². The summed E-state index contributed by atoms with van der Waals surface area (Å²) in [6, 6.07) is 14.5. The van der Waals surface area contributed by atoms with Crippen LogP contribution in [0.1, 0.15) is 33.7 Å². The van der Waals surface area contributed by atoms with E-state index in [9.17, 15) is 13.6 Å². The maximum Gasteiger partial charge on any atom is 0.387 e. The van der Waals surface area contributed by atoms with E-state index in [1.54, 1.807) is 12.1 Å². The Kier molecular flexibility index (Phi) is 6.16. The lowest BCUT2D eigenvalue weighted by molar-refractivity contribution is -0.0512. The summed E-state index contributed by atoms with van der Waals surface area (Å²) in [5.74, 6) is -0.00620. The van der Waals surface area contributed by atoms with Gasteiger partial charge in [0.1, 0.15) is 0 Å². The van der Waals surface area contributed by atoms with E-state index in [1.807, 2.05) is 35.0 Å². The largest absolute Gasteiger partial charge is 0.493 e. The molecule has 0 fully saturated rings. The van der Waals surface area contributed by atoms with Gasteiger partial charge in [-0.1, -0.05) is 24.3 Å². The predicted octanol–water partition coefficient (Wildman–Crippen LogP) is 3.94. The molecule has 4 rings (SSSR count). The van der Waals surface area contributed by atoms with Crippen molar-refractivity contribution in [3.8, 4) is 17.2 Å². The van der Waals surface area contributed by atoms with Crippen molar-refractivity contribution in [1.82, 2.24) is 15.1 Å². The zero-order valence-electron chi connectivity index (χ0n) is 17.1. The van der Waals surface area contributed by atoms with Crippen LogP contribution in [-0.2, 0) is 19.3 Å². The molecule has 1 aliphatic rings. The minimum Gasteiger partial charge on any atom is -0.493 e. The lowest BCUT2D eigenvalue weighted by atomic mass is 10.1. The van der Waals surface area contributed by atoms with Gasteiger partial charge in [0.2, 0.25) is 0 Å². The van der Waals surface area contributed by atoms with Crippen LogP contribution in [0.15, 0.2) is 48.5 Å². The molecule has 1 heterocycles. The van der Waals surface area contributed by atoms with Crippen LogP contribution in [0.3, 0.4) is 0 Å². The number of carbonyl (C=O) groups is 1. The number of halogens is 2. The minimum atomic E-state index is -2.92. The highest BCUT2D eigenvalue weighted by molar-refractivity contribution is 5.94.